The van der Waals surface area contributed by atoms with Gasteiger partial charge in [-0.25, -0.2) is 0 Å². The van der Waals surface area contributed by atoms with E-state index in [2.05, 4.69) is 0 Å². The molecule has 14 heavy (non-hydrogen) atoms. The minimum atomic E-state index is -0.737. The molecule has 0 aromatic carbocycles. The molecule has 1 atom stereocenters. The Bertz CT molecular complexity index is 329. The molecular weight excluding hydrogens is 182 g/mol. The molecule has 0 bridgehead atoms. The largest absolute Gasteiger partial charge is 0.472 e. The molecule has 1 aromatic rings. The van der Waals surface area contributed by atoms with Crippen molar-refractivity contribution in [1.29, 1.82) is 0 Å². The van der Waals surface area contributed by atoms with Gasteiger partial charge in [0.05, 0.1) is 17.4 Å². The van der Waals surface area contributed by atoms with Crippen LogP contribution >= 0.6 is 0 Å². The lowest BCUT2D eigenvalue weighted by Gasteiger charge is -2.18. The van der Waals surface area contributed by atoms with Crippen LogP contribution in [0.4, 0.5) is 0 Å². The Morgan fingerprint density at radius 3 is 3.00 bits per heavy atom. The van der Waals surface area contributed by atoms with E-state index in [1.165, 1.54) is 12.5 Å². The number of carbonyl (C=O) groups is 1. The molecule has 2 heterocycles. The maximum Gasteiger partial charge on any atom is 0.257 e. The van der Waals surface area contributed by atoms with E-state index in [0.29, 0.717) is 25.1 Å². The van der Waals surface area contributed by atoms with Crippen molar-refractivity contribution in [3.05, 3.63) is 24.2 Å². The number of carbonyl (C=O) groups excluding carboxylic acids is 1. The molecular formula is C10H13NO3. The van der Waals surface area contributed by atoms with Crippen LogP contribution in [0.5, 0.6) is 0 Å². The van der Waals surface area contributed by atoms with Crippen LogP contribution in [-0.2, 0) is 0 Å². The molecule has 4 nitrogen and oxygen atoms in total. The number of hydrogen-bond acceptors (Lipinski definition) is 3. The first-order chi connectivity index (χ1) is 6.58. The number of aliphatic hydroxyl groups is 1. The van der Waals surface area contributed by atoms with Crippen LogP contribution in [0, 0.1) is 0 Å². The first kappa shape index (κ1) is 9.27. The zero-order valence-corrected chi connectivity index (χ0v) is 8.06. The molecule has 0 radical (unpaired) electrons. The normalized spacial score (nSPS) is 26.9. The molecule has 1 fully saturated rings. The molecule has 76 valence electrons. The first-order valence-corrected chi connectivity index (χ1v) is 4.62. The Morgan fingerprint density at radius 2 is 2.50 bits per heavy atom. The monoisotopic (exact) mass is 195 g/mol. The van der Waals surface area contributed by atoms with Crippen molar-refractivity contribution in [2.75, 3.05) is 13.1 Å². The lowest BCUT2D eigenvalue weighted by molar-refractivity contribution is 0.0571. The molecule has 1 unspecified atom stereocenters. The smallest absolute Gasteiger partial charge is 0.257 e. The third kappa shape index (κ3) is 1.65. The van der Waals surface area contributed by atoms with Crippen LogP contribution in [0.1, 0.15) is 23.7 Å². The van der Waals surface area contributed by atoms with Crippen molar-refractivity contribution in [3.63, 3.8) is 0 Å². The fraction of sp³-hybridized carbons (Fsp3) is 0.500. The van der Waals surface area contributed by atoms with Crippen molar-refractivity contribution in [1.82, 2.24) is 4.90 Å². The van der Waals surface area contributed by atoms with Crippen LogP contribution in [-0.4, -0.2) is 34.6 Å². The van der Waals surface area contributed by atoms with E-state index in [9.17, 15) is 9.90 Å². The van der Waals surface area contributed by atoms with Gasteiger partial charge in [0.1, 0.15) is 6.26 Å². The Balaban J connectivity index is 2.08. The minimum absolute atomic E-state index is 0.0727. The van der Waals surface area contributed by atoms with E-state index >= 15 is 0 Å². The highest BCUT2D eigenvalue weighted by atomic mass is 16.3. The highest BCUT2D eigenvalue weighted by Gasteiger charge is 2.34. The first-order valence-electron chi connectivity index (χ1n) is 4.62. The lowest BCUT2D eigenvalue weighted by Crippen LogP contribution is -2.33. The molecule has 2 rings (SSSR count). The Hall–Kier alpha value is -1.29. The summed E-state index contributed by atoms with van der Waals surface area (Å²) in [5.41, 5.74) is -0.193. The number of β-amino-alcohol motifs (C(OH)–C–C–N with tert-alkyl or cyclic N) is 1. The van der Waals surface area contributed by atoms with E-state index in [1.807, 2.05) is 0 Å². The number of nitrogens with zero attached hydrogens (tertiary/aromatic N) is 1. The molecule has 4 heteroatoms. The van der Waals surface area contributed by atoms with Crippen molar-refractivity contribution < 1.29 is 14.3 Å². The fourth-order valence-corrected chi connectivity index (χ4v) is 1.69. The Morgan fingerprint density at radius 1 is 1.71 bits per heavy atom. The summed E-state index contributed by atoms with van der Waals surface area (Å²) in [7, 11) is 0. The summed E-state index contributed by atoms with van der Waals surface area (Å²) in [6.45, 7) is 2.75. The second kappa shape index (κ2) is 3.13. The summed E-state index contributed by atoms with van der Waals surface area (Å²) >= 11 is 0. The van der Waals surface area contributed by atoms with Gasteiger partial charge in [0, 0.05) is 13.1 Å². The van der Waals surface area contributed by atoms with E-state index < -0.39 is 5.60 Å². The summed E-state index contributed by atoms with van der Waals surface area (Å²) in [6, 6.07) is 1.63. The van der Waals surface area contributed by atoms with Gasteiger partial charge in [0.2, 0.25) is 0 Å². The average Bonchev–Trinajstić information content (AvgIpc) is 2.72. The third-order valence-electron chi connectivity index (χ3n) is 2.51. The number of hydrogen-bond donors (Lipinski definition) is 1. The quantitative estimate of drug-likeness (QED) is 0.723. The van der Waals surface area contributed by atoms with Gasteiger partial charge in [0.25, 0.3) is 5.91 Å². The van der Waals surface area contributed by atoms with Crippen molar-refractivity contribution in [2.45, 2.75) is 18.9 Å². The summed E-state index contributed by atoms with van der Waals surface area (Å²) < 4.78 is 4.84. The second-order valence-corrected chi connectivity index (χ2v) is 3.99. The third-order valence-corrected chi connectivity index (χ3v) is 2.51. The molecule has 0 aliphatic carbocycles. The van der Waals surface area contributed by atoms with Crippen molar-refractivity contribution >= 4 is 5.91 Å². The number of amides is 1. The van der Waals surface area contributed by atoms with Gasteiger partial charge in [-0.3, -0.25) is 4.79 Å². The zero-order valence-electron chi connectivity index (χ0n) is 8.06. The van der Waals surface area contributed by atoms with Gasteiger partial charge in [-0.1, -0.05) is 0 Å². The molecule has 0 spiro atoms. The van der Waals surface area contributed by atoms with Crippen molar-refractivity contribution in [3.8, 4) is 0 Å². The average molecular weight is 195 g/mol. The van der Waals surface area contributed by atoms with E-state index in [1.54, 1.807) is 17.9 Å². The predicted octanol–water partition coefficient (Wildman–Crippen LogP) is 0.877. The van der Waals surface area contributed by atoms with Crippen LogP contribution in [0.25, 0.3) is 0 Å². The van der Waals surface area contributed by atoms with Crippen molar-refractivity contribution in [2.24, 2.45) is 0 Å². The summed E-state index contributed by atoms with van der Waals surface area (Å²) in [5.74, 6) is -0.0727. The van der Waals surface area contributed by atoms with Crippen LogP contribution in [0.2, 0.25) is 0 Å². The minimum Gasteiger partial charge on any atom is -0.472 e. The number of likely N-dealkylation sites (tertiary alicyclic amines) is 1. The Labute approximate surface area is 82.1 Å². The van der Waals surface area contributed by atoms with Crippen LogP contribution < -0.4 is 0 Å². The molecule has 0 saturated carbocycles. The lowest BCUT2D eigenvalue weighted by atomic mass is 10.1. The van der Waals surface area contributed by atoms with E-state index in [-0.39, 0.29) is 5.91 Å². The number of rotatable bonds is 1. The van der Waals surface area contributed by atoms with Gasteiger partial charge in [-0.15, -0.1) is 0 Å². The van der Waals surface area contributed by atoms with Crippen LogP contribution in [0.3, 0.4) is 0 Å². The SMILES string of the molecule is CC1(O)CCN(C(=O)c2ccoc2)C1. The standard InChI is InChI=1S/C10H13NO3/c1-10(13)3-4-11(7-10)9(12)8-2-5-14-6-8/h2,5-6,13H,3-4,7H2,1H3. The highest BCUT2D eigenvalue weighted by molar-refractivity contribution is 5.94. The predicted molar refractivity (Wildman–Crippen MR) is 49.9 cm³/mol. The molecule has 1 saturated heterocycles. The molecule has 1 aliphatic rings. The molecule has 1 N–H and O–H groups in total. The molecule has 1 aromatic heterocycles. The maximum atomic E-state index is 11.8. The maximum absolute atomic E-state index is 11.8. The van der Waals surface area contributed by atoms with Crippen LogP contribution in [0.15, 0.2) is 23.0 Å². The fourth-order valence-electron chi connectivity index (χ4n) is 1.69. The summed E-state index contributed by atoms with van der Waals surface area (Å²) in [5, 5.41) is 9.69. The topological polar surface area (TPSA) is 53.7 Å². The van der Waals surface area contributed by atoms with E-state index in [0.717, 1.165) is 0 Å². The molecule has 1 aliphatic heterocycles. The Kier molecular flexibility index (Phi) is 2.07. The second-order valence-electron chi connectivity index (χ2n) is 3.99. The van der Waals surface area contributed by atoms with Gasteiger partial charge >= 0.3 is 0 Å². The van der Waals surface area contributed by atoms with Gasteiger partial charge in [0.15, 0.2) is 0 Å². The van der Waals surface area contributed by atoms with Gasteiger partial charge in [-0.2, -0.15) is 0 Å². The van der Waals surface area contributed by atoms with Gasteiger partial charge < -0.3 is 14.4 Å². The van der Waals surface area contributed by atoms with E-state index in [4.69, 9.17) is 4.42 Å². The zero-order chi connectivity index (χ0) is 10.2. The molecule has 1 amide bonds. The summed E-state index contributed by atoms with van der Waals surface area (Å²) in [4.78, 5) is 13.4. The summed E-state index contributed by atoms with van der Waals surface area (Å²) in [6.07, 6.45) is 3.54. The highest BCUT2D eigenvalue weighted by Crippen LogP contribution is 2.21. The number of furan rings is 1. The van der Waals surface area contributed by atoms with Gasteiger partial charge in [-0.05, 0) is 19.4 Å².